The Morgan fingerprint density at radius 3 is 2.45 bits per heavy atom. The summed E-state index contributed by atoms with van der Waals surface area (Å²) in [5, 5.41) is 0. The van der Waals surface area contributed by atoms with Gasteiger partial charge >= 0.3 is 5.97 Å². The first-order chi connectivity index (χ1) is 9.19. The molecule has 0 bridgehead atoms. The van der Waals surface area contributed by atoms with Crippen molar-refractivity contribution in [1.82, 2.24) is 4.72 Å². The van der Waals surface area contributed by atoms with Crippen molar-refractivity contribution in [2.75, 3.05) is 12.8 Å². The standard InChI is InChI=1S/C12H17BrN2O4S/c1-7(2)11(12(16)19-3)15-20(17,18)8-4-5-10(14)9(13)6-8/h4-7,11,15H,14H2,1-3H3. The number of sulfonamides is 1. The number of carbonyl (C=O) groups excluding carboxylic acids is 1. The van der Waals surface area contributed by atoms with E-state index in [1.165, 1.54) is 25.3 Å². The molecule has 1 atom stereocenters. The van der Waals surface area contributed by atoms with Crippen LogP contribution >= 0.6 is 15.9 Å². The molecule has 112 valence electrons. The summed E-state index contributed by atoms with van der Waals surface area (Å²) in [7, 11) is -2.62. The van der Waals surface area contributed by atoms with Crippen LogP contribution in [-0.2, 0) is 19.6 Å². The van der Waals surface area contributed by atoms with Crippen LogP contribution in [-0.4, -0.2) is 27.5 Å². The Bertz CT molecular complexity index is 601. The lowest BCUT2D eigenvalue weighted by Crippen LogP contribution is -2.44. The summed E-state index contributed by atoms with van der Waals surface area (Å²) < 4.78 is 31.9. The van der Waals surface area contributed by atoms with E-state index in [-0.39, 0.29) is 10.8 Å². The number of ether oxygens (including phenoxy) is 1. The molecule has 1 aromatic rings. The van der Waals surface area contributed by atoms with Gasteiger partial charge in [0.25, 0.3) is 0 Å². The zero-order chi connectivity index (χ0) is 15.5. The third-order valence-electron chi connectivity index (χ3n) is 2.69. The molecule has 0 saturated heterocycles. The minimum atomic E-state index is -3.84. The summed E-state index contributed by atoms with van der Waals surface area (Å²) in [6, 6.07) is 3.28. The number of carbonyl (C=O) groups is 1. The first kappa shape index (κ1) is 16.9. The molecule has 1 unspecified atom stereocenters. The van der Waals surface area contributed by atoms with E-state index in [0.29, 0.717) is 10.2 Å². The van der Waals surface area contributed by atoms with Crippen molar-refractivity contribution in [3.8, 4) is 0 Å². The van der Waals surface area contributed by atoms with Gasteiger partial charge in [0.15, 0.2) is 0 Å². The van der Waals surface area contributed by atoms with Crippen molar-refractivity contribution in [3.05, 3.63) is 22.7 Å². The highest BCUT2D eigenvalue weighted by Gasteiger charge is 2.29. The molecule has 0 aliphatic carbocycles. The zero-order valence-electron chi connectivity index (χ0n) is 11.4. The molecule has 1 rings (SSSR count). The fraction of sp³-hybridized carbons (Fsp3) is 0.417. The molecule has 1 aromatic carbocycles. The largest absolute Gasteiger partial charge is 0.468 e. The van der Waals surface area contributed by atoms with Gasteiger partial charge in [-0.1, -0.05) is 13.8 Å². The zero-order valence-corrected chi connectivity index (χ0v) is 13.8. The first-order valence-electron chi connectivity index (χ1n) is 5.84. The van der Waals surface area contributed by atoms with Crippen LogP contribution in [0, 0.1) is 5.92 Å². The minimum Gasteiger partial charge on any atom is -0.468 e. The maximum Gasteiger partial charge on any atom is 0.324 e. The Balaban J connectivity index is 3.09. The Morgan fingerprint density at radius 2 is 2.00 bits per heavy atom. The molecule has 0 aliphatic heterocycles. The molecule has 0 spiro atoms. The monoisotopic (exact) mass is 364 g/mol. The quantitative estimate of drug-likeness (QED) is 0.609. The van der Waals surface area contributed by atoms with Crippen molar-refractivity contribution in [3.63, 3.8) is 0 Å². The summed E-state index contributed by atoms with van der Waals surface area (Å²) >= 11 is 3.17. The number of hydrogen-bond donors (Lipinski definition) is 2. The van der Waals surface area contributed by atoms with Crippen molar-refractivity contribution < 1.29 is 17.9 Å². The third-order valence-corrected chi connectivity index (χ3v) is 4.81. The lowest BCUT2D eigenvalue weighted by atomic mass is 10.1. The smallest absolute Gasteiger partial charge is 0.324 e. The lowest BCUT2D eigenvalue weighted by Gasteiger charge is -2.19. The van der Waals surface area contributed by atoms with Gasteiger partial charge in [-0.3, -0.25) is 4.79 Å². The molecule has 6 nitrogen and oxygen atoms in total. The summed E-state index contributed by atoms with van der Waals surface area (Å²) in [6.07, 6.45) is 0. The Kier molecular flexibility index (Phi) is 5.55. The van der Waals surface area contributed by atoms with Gasteiger partial charge in [0, 0.05) is 10.2 Å². The van der Waals surface area contributed by atoms with Gasteiger partial charge in [-0.25, -0.2) is 8.42 Å². The number of anilines is 1. The fourth-order valence-corrected chi connectivity index (χ4v) is 3.38. The SMILES string of the molecule is COC(=O)C(NS(=O)(=O)c1ccc(N)c(Br)c1)C(C)C. The number of hydrogen-bond acceptors (Lipinski definition) is 5. The molecule has 0 radical (unpaired) electrons. The van der Waals surface area contributed by atoms with Gasteiger partial charge in [-0.15, -0.1) is 0 Å². The number of esters is 1. The van der Waals surface area contributed by atoms with Gasteiger partial charge in [-0.2, -0.15) is 4.72 Å². The molecule has 3 N–H and O–H groups in total. The highest BCUT2D eigenvalue weighted by Crippen LogP contribution is 2.23. The van der Waals surface area contributed by atoms with E-state index in [1.54, 1.807) is 13.8 Å². The van der Waals surface area contributed by atoms with Crippen LogP contribution in [0.5, 0.6) is 0 Å². The summed E-state index contributed by atoms with van der Waals surface area (Å²) in [4.78, 5) is 11.6. The average molecular weight is 365 g/mol. The predicted octanol–water partition coefficient (Wildman–Crippen LogP) is 1.51. The van der Waals surface area contributed by atoms with E-state index in [0.717, 1.165) is 0 Å². The minimum absolute atomic E-state index is 0.0214. The van der Waals surface area contributed by atoms with Crippen LogP contribution in [0.4, 0.5) is 5.69 Å². The van der Waals surface area contributed by atoms with Gasteiger partial charge in [0.05, 0.1) is 12.0 Å². The van der Waals surface area contributed by atoms with E-state index in [4.69, 9.17) is 5.73 Å². The molecular weight excluding hydrogens is 348 g/mol. The molecule has 0 saturated carbocycles. The molecule has 20 heavy (non-hydrogen) atoms. The molecule has 0 aromatic heterocycles. The van der Waals surface area contributed by atoms with Gasteiger partial charge in [-0.05, 0) is 40.0 Å². The Labute approximate surface area is 126 Å². The van der Waals surface area contributed by atoms with Crippen molar-refractivity contribution >= 4 is 37.6 Å². The highest BCUT2D eigenvalue weighted by molar-refractivity contribution is 9.10. The molecule has 0 fully saturated rings. The maximum atomic E-state index is 12.3. The van der Waals surface area contributed by atoms with E-state index < -0.39 is 22.0 Å². The Hall–Kier alpha value is -1.12. The normalized spacial score (nSPS) is 13.2. The number of nitrogen functional groups attached to an aromatic ring is 1. The van der Waals surface area contributed by atoms with Gasteiger partial charge < -0.3 is 10.5 Å². The van der Waals surface area contributed by atoms with Crippen LogP contribution in [0.25, 0.3) is 0 Å². The van der Waals surface area contributed by atoms with Crippen LogP contribution in [0.1, 0.15) is 13.8 Å². The van der Waals surface area contributed by atoms with Crippen molar-refractivity contribution in [2.45, 2.75) is 24.8 Å². The van der Waals surface area contributed by atoms with E-state index in [9.17, 15) is 13.2 Å². The number of methoxy groups -OCH3 is 1. The van der Waals surface area contributed by atoms with Crippen molar-refractivity contribution in [2.24, 2.45) is 5.92 Å². The van der Waals surface area contributed by atoms with Gasteiger partial charge in [0.1, 0.15) is 6.04 Å². The summed E-state index contributed by atoms with van der Waals surface area (Å²) in [5.74, 6) is -0.868. The lowest BCUT2D eigenvalue weighted by molar-refractivity contribution is -0.143. The van der Waals surface area contributed by atoms with Crippen LogP contribution in [0.3, 0.4) is 0 Å². The first-order valence-corrected chi connectivity index (χ1v) is 8.12. The number of halogens is 1. The second kappa shape index (κ2) is 6.55. The second-order valence-electron chi connectivity index (χ2n) is 4.55. The van der Waals surface area contributed by atoms with E-state index >= 15 is 0 Å². The number of nitrogens with two attached hydrogens (primary N) is 1. The van der Waals surface area contributed by atoms with Crippen LogP contribution in [0.2, 0.25) is 0 Å². The number of benzene rings is 1. The van der Waals surface area contributed by atoms with Crippen molar-refractivity contribution in [1.29, 1.82) is 0 Å². The van der Waals surface area contributed by atoms with Crippen LogP contribution < -0.4 is 10.5 Å². The second-order valence-corrected chi connectivity index (χ2v) is 7.12. The highest BCUT2D eigenvalue weighted by atomic mass is 79.9. The molecule has 0 heterocycles. The van der Waals surface area contributed by atoms with Gasteiger partial charge in [0.2, 0.25) is 10.0 Å². The molecule has 8 heteroatoms. The summed E-state index contributed by atoms with van der Waals surface area (Å²) in [6.45, 7) is 3.45. The maximum absolute atomic E-state index is 12.3. The fourth-order valence-electron chi connectivity index (χ4n) is 1.49. The van der Waals surface area contributed by atoms with Crippen LogP contribution in [0.15, 0.2) is 27.6 Å². The average Bonchev–Trinajstić information content (AvgIpc) is 2.38. The molecule has 0 aliphatic rings. The topological polar surface area (TPSA) is 98.5 Å². The number of rotatable bonds is 5. The van der Waals surface area contributed by atoms with E-state index in [1.807, 2.05) is 0 Å². The van der Waals surface area contributed by atoms with E-state index in [2.05, 4.69) is 25.4 Å². The predicted molar refractivity (Wildman–Crippen MR) is 79.5 cm³/mol. The third kappa shape index (κ3) is 3.94. The molecule has 0 amide bonds. The Morgan fingerprint density at radius 1 is 1.40 bits per heavy atom. The molecular formula is C12H17BrN2O4S. The number of nitrogens with one attached hydrogen (secondary N) is 1. The summed E-state index contributed by atoms with van der Waals surface area (Å²) in [5.41, 5.74) is 6.04.